The minimum absolute atomic E-state index is 0.0367. The van der Waals surface area contributed by atoms with Crippen molar-refractivity contribution < 1.29 is 19.0 Å². The fourth-order valence-electron chi connectivity index (χ4n) is 1.87. The molecule has 0 fully saturated rings. The lowest BCUT2D eigenvalue weighted by Crippen LogP contribution is -2.35. The first-order valence-corrected chi connectivity index (χ1v) is 6.59. The van der Waals surface area contributed by atoms with Crippen LogP contribution in [0.4, 0.5) is 0 Å². The molecule has 0 atom stereocenters. The van der Waals surface area contributed by atoms with Gasteiger partial charge in [-0.2, -0.15) is 0 Å². The van der Waals surface area contributed by atoms with Gasteiger partial charge in [-0.3, -0.25) is 9.69 Å². The normalized spacial score (nSPS) is 10.8. The van der Waals surface area contributed by atoms with E-state index in [1.54, 1.807) is 33.5 Å². The SMILES string of the molecule is COCCN(CCOC)CC(=O)c1ccccc1OC. The Bertz CT molecular complexity index is 401. The van der Waals surface area contributed by atoms with Crippen molar-refractivity contribution in [3.05, 3.63) is 29.8 Å². The molecule has 0 spiro atoms. The second-order valence-electron chi connectivity index (χ2n) is 4.39. The number of rotatable bonds is 10. The molecule has 1 rings (SSSR count). The molecule has 0 radical (unpaired) electrons. The average Bonchev–Trinajstić information content (AvgIpc) is 2.49. The Morgan fingerprint density at radius 2 is 1.65 bits per heavy atom. The molecule has 1 aromatic carbocycles. The summed E-state index contributed by atoms with van der Waals surface area (Å²) in [6.45, 7) is 2.89. The maximum atomic E-state index is 12.4. The van der Waals surface area contributed by atoms with Gasteiger partial charge >= 0.3 is 0 Å². The molecule has 0 heterocycles. The number of methoxy groups -OCH3 is 3. The van der Waals surface area contributed by atoms with Crippen molar-refractivity contribution in [2.24, 2.45) is 0 Å². The third-order valence-electron chi connectivity index (χ3n) is 3.00. The van der Waals surface area contributed by atoms with Crippen molar-refractivity contribution >= 4 is 5.78 Å². The topological polar surface area (TPSA) is 48.0 Å². The van der Waals surface area contributed by atoms with Gasteiger partial charge in [-0.15, -0.1) is 0 Å². The largest absolute Gasteiger partial charge is 0.496 e. The molecule has 0 aliphatic rings. The van der Waals surface area contributed by atoms with Crippen LogP contribution in [0.2, 0.25) is 0 Å². The fourth-order valence-corrected chi connectivity index (χ4v) is 1.87. The molecular formula is C15H23NO4. The van der Waals surface area contributed by atoms with Crippen molar-refractivity contribution in [1.82, 2.24) is 4.90 Å². The third-order valence-corrected chi connectivity index (χ3v) is 3.00. The summed E-state index contributed by atoms with van der Waals surface area (Å²) in [7, 11) is 4.87. The molecule has 112 valence electrons. The predicted molar refractivity (Wildman–Crippen MR) is 77.5 cm³/mol. The molecule has 1 aromatic rings. The van der Waals surface area contributed by atoms with Crippen molar-refractivity contribution in [3.8, 4) is 5.75 Å². The summed E-state index contributed by atoms with van der Waals surface area (Å²) in [6.07, 6.45) is 0. The number of Topliss-reactive ketones (excluding diaryl/α,β-unsaturated/α-hetero) is 1. The molecule has 0 amide bonds. The highest BCUT2D eigenvalue weighted by Crippen LogP contribution is 2.18. The van der Waals surface area contributed by atoms with Crippen LogP contribution in [0.5, 0.6) is 5.75 Å². The van der Waals surface area contributed by atoms with Gasteiger partial charge in [-0.1, -0.05) is 12.1 Å². The first-order chi connectivity index (χ1) is 9.72. The number of hydrogen-bond donors (Lipinski definition) is 0. The number of hydrogen-bond acceptors (Lipinski definition) is 5. The predicted octanol–water partition coefficient (Wildman–Crippen LogP) is 1.47. The van der Waals surface area contributed by atoms with Crippen molar-refractivity contribution in [3.63, 3.8) is 0 Å². The van der Waals surface area contributed by atoms with Gasteiger partial charge in [0.1, 0.15) is 5.75 Å². The van der Waals surface area contributed by atoms with Crippen LogP contribution in [-0.4, -0.2) is 64.9 Å². The van der Waals surface area contributed by atoms with Crippen LogP contribution in [0, 0.1) is 0 Å². The third kappa shape index (κ3) is 5.28. The van der Waals surface area contributed by atoms with Gasteiger partial charge in [0.2, 0.25) is 0 Å². The van der Waals surface area contributed by atoms with Gasteiger partial charge in [0.15, 0.2) is 5.78 Å². The standard InChI is InChI=1S/C15H23NO4/c1-18-10-8-16(9-11-19-2)12-14(17)13-6-4-5-7-15(13)20-3/h4-7H,8-12H2,1-3H3. The van der Waals surface area contributed by atoms with Gasteiger partial charge in [-0.05, 0) is 12.1 Å². The molecule has 0 saturated heterocycles. The minimum Gasteiger partial charge on any atom is -0.496 e. The van der Waals surface area contributed by atoms with Gasteiger partial charge in [0.05, 0.1) is 32.4 Å². The maximum Gasteiger partial charge on any atom is 0.180 e. The van der Waals surface area contributed by atoms with E-state index in [1.165, 1.54) is 0 Å². The van der Waals surface area contributed by atoms with Crippen molar-refractivity contribution in [1.29, 1.82) is 0 Å². The van der Waals surface area contributed by atoms with Crippen LogP contribution in [0.3, 0.4) is 0 Å². The molecule has 0 bridgehead atoms. The lowest BCUT2D eigenvalue weighted by atomic mass is 10.1. The van der Waals surface area contributed by atoms with Crippen LogP contribution in [0.25, 0.3) is 0 Å². The van der Waals surface area contributed by atoms with E-state index in [0.717, 1.165) is 0 Å². The molecule has 0 saturated carbocycles. The van der Waals surface area contributed by atoms with Crippen molar-refractivity contribution in [2.75, 3.05) is 54.2 Å². The number of ketones is 1. The van der Waals surface area contributed by atoms with E-state index in [0.29, 0.717) is 44.2 Å². The summed E-state index contributed by atoms with van der Waals surface area (Å²) >= 11 is 0. The number of carbonyl (C=O) groups is 1. The highest BCUT2D eigenvalue weighted by molar-refractivity contribution is 6.00. The molecule has 0 N–H and O–H groups in total. The lowest BCUT2D eigenvalue weighted by Gasteiger charge is -2.21. The first-order valence-electron chi connectivity index (χ1n) is 6.59. The van der Waals surface area contributed by atoms with E-state index in [9.17, 15) is 4.79 Å². The summed E-state index contributed by atoms with van der Waals surface area (Å²) < 4.78 is 15.4. The number of ether oxygens (including phenoxy) is 3. The zero-order chi connectivity index (χ0) is 14.8. The lowest BCUT2D eigenvalue weighted by molar-refractivity contribution is 0.0834. The molecule has 5 nitrogen and oxygen atoms in total. The fraction of sp³-hybridized carbons (Fsp3) is 0.533. The van der Waals surface area contributed by atoms with E-state index in [2.05, 4.69) is 0 Å². The van der Waals surface area contributed by atoms with E-state index in [-0.39, 0.29) is 5.78 Å². The average molecular weight is 281 g/mol. The van der Waals surface area contributed by atoms with Crippen LogP contribution >= 0.6 is 0 Å². The van der Waals surface area contributed by atoms with Gasteiger partial charge in [0, 0.05) is 27.3 Å². The number of carbonyl (C=O) groups excluding carboxylic acids is 1. The van der Waals surface area contributed by atoms with Gasteiger partial charge in [-0.25, -0.2) is 0 Å². The smallest absolute Gasteiger partial charge is 0.180 e. The van der Waals surface area contributed by atoms with Crippen LogP contribution < -0.4 is 4.74 Å². The zero-order valence-corrected chi connectivity index (χ0v) is 12.4. The van der Waals surface area contributed by atoms with Crippen LogP contribution in [0.15, 0.2) is 24.3 Å². The number of benzene rings is 1. The highest BCUT2D eigenvalue weighted by atomic mass is 16.5. The van der Waals surface area contributed by atoms with E-state index in [1.807, 2.05) is 17.0 Å². The zero-order valence-electron chi connectivity index (χ0n) is 12.4. The van der Waals surface area contributed by atoms with Gasteiger partial charge < -0.3 is 14.2 Å². The summed E-state index contributed by atoms with van der Waals surface area (Å²) in [5, 5.41) is 0. The summed E-state index contributed by atoms with van der Waals surface area (Å²) in [6, 6.07) is 7.27. The minimum atomic E-state index is 0.0367. The Balaban J connectivity index is 2.68. The Hall–Kier alpha value is -1.43. The molecular weight excluding hydrogens is 258 g/mol. The second-order valence-corrected chi connectivity index (χ2v) is 4.39. The van der Waals surface area contributed by atoms with Crippen molar-refractivity contribution in [2.45, 2.75) is 0 Å². The van der Waals surface area contributed by atoms with E-state index >= 15 is 0 Å². The number of para-hydroxylation sites is 1. The molecule has 0 unspecified atom stereocenters. The Kier molecular flexibility index (Phi) is 7.87. The molecule has 0 aliphatic heterocycles. The van der Waals surface area contributed by atoms with E-state index in [4.69, 9.17) is 14.2 Å². The number of nitrogens with zero attached hydrogens (tertiary/aromatic N) is 1. The first kappa shape index (κ1) is 16.6. The quantitative estimate of drug-likeness (QED) is 0.608. The maximum absolute atomic E-state index is 12.4. The Morgan fingerprint density at radius 3 is 2.20 bits per heavy atom. The molecule has 0 aliphatic carbocycles. The van der Waals surface area contributed by atoms with E-state index < -0.39 is 0 Å². The Morgan fingerprint density at radius 1 is 1.05 bits per heavy atom. The highest BCUT2D eigenvalue weighted by Gasteiger charge is 2.15. The monoisotopic (exact) mass is 281 g/mol. The Labute approximate surface area is 120 Å². The molecule has 5 heteroatoms. The van der Waals surface area contributed by atoms with Gasteiger partial charge in [0.25, 0.3) is 0 Å². The molecule has 0 aromatic heterocycles. The summed E-state index contributed by atoms with van der Waals surface area (Å²) in [5.41, 5.74) is 0.606. The summed E-state index contributed by atoms with van der Waals surface area (Å²) in [4.78, 5) is 14.4. The molecule has 20 heavy (non-hydrogen) atoms. The second kappa shape index (κ2) is 9.47. The van der Waals surface area contributed by atoms with Crippen LogP contribution in [-0.2, 0) is 9.47 Å². The van der Waals surface area contributed by atoms with Crippen LogP contribution in [0.1, 0.15) is 10.4 Å². The summed E-state index contributed by atoms with van der Waals surface area (Å²) in [5.74, 6) is 0.644.